The van der Waals surface area contributed by atoms with E-state index in [0.29, 0.717) is 10.8 Å². The first-order valence-corrected chi connectivity index (χ1v) is 8.91. The minimum atomic E-state index is 0.638. The fraction of sp³-hybridized carbons (Fsp3) is 0.200. The number of halogens is 1. The van der Waals surface area contributed by atoms with E-state index in [4.69, 9.17) is 21.3 Å². The Morgan fingerprint density at radius 2 is 2.00 bits per heavy atom. The van der Waals surface area contributed by atoms with Crippen LogP contribution in [0, 0.1) is 6.92 Å². The summed E-state index contributed by atoms with van der Waals surface area (Å²) >= 11 is 6.15. The van der Waals surface area contributed by atoms with Crippen LogP contribution in [-0.4, -0.2) is 26.4 Å². The summed E-state index contributed by atoms with van der Waals surface area (Å²) in [5.74, 6) is 1.41. The number of aryl methyl sites for hydroxylation is 3. The van der Waals surface area contributed by atoms with Crippen molar-refractivity contribution in [2.75, 3.05) is 12.4 Å². The van der Waals surface area contributed by atoms with E-state index in [1.54, 1.807) is 17.9 Å². The lowest BCUT2D eigenvalue weighted by molar-refractivity contribution is 0.416. The molecule has 0 aliphatic carbocycles. The van der Waals surface area contributed by atoms with E-state index >= 15 is 0 Å². The summed E-state index contributed by atoms with van der Waals surface area (Å²) in [5, 5.41) is 8.33. The summed E-state index contributed by atoms with van der Waals surface area (Å²) < 4.78 is 9.34. The molecule has 0 fully saturated rings. The van der Waals surface area contributed by atoms with Crippen molar-refractivity contribution >= 4 is 34.3 Å². The van der Waals surface area contributed by atoms with Gasteiger partial charge in [-0.15, -0.1) is 0 Å². The molecule has 0 atom stereocenters. The van der Waals surface area contributed by atoms with Crippen LogP contribution >= 0.6 is 11.6 Å². The maximum atomic E-state index is 6.15. The molecule has 0 spiro atoms. The van der Waals surface area contributed by atoms with Crippen molar-refractivity contribution < 1.29 is 4.74 Å². The van der Waals surface area contributed by atoms with Crippen molar-refractivity contribution in [3.8, 4) is 16.9 Å². The molecule has 4 aromatic rings. The van der Waals surface area contributed by atoms with Gasteiger partial charge in [-0.1, -0.05) is 23.7 Å². The Kier molecular flexibility index (Phi) is 4.28. The van der Waals surface area contributed by atoms with Gasteiger partial charge in [0, 0.05) is 42.5 Å². The lowest BCUT2D eigenvalue weighted by Crippen LogP contribution is -2.03. The number of methoxy groups -OCH3 is 1. The average molecular weight is 382 g/mol. The van der Waals surface area contributed by atoms with E-state index < -0.39 is 0 Å². The molecule has 1 N–H and O–H groups in total. The molecule has 0 radical (unpaired) electrons. The Morgan fingerprint density at radius 1 is 1.19 bits per heavy atom. The second-order valence-electron chi connectivity index (χ2n) is 6.50. The lowest BCUT2D eigenvalue weighted by Gasteiger charge is -2.14. The Bertz CT molecular complexity index is 1140. The normalized spacial score (nSPS) is 11.1. The molecule has 0 unspecified atom stereocenters. The number of anilines is 2. The van der Waals surface area contributed by atoms with E-state index in [1.165, 1.54) is 0 Å². The predicted octanol–water partition coefficient (Wildman–Crippen LogP) is 4.69. The van der Waals surface area contributed by atoms with Gasteiger partial charge in [0.15, 0.2) is 0 Å². The Hall–Kier alpha value is -2.99. The van der Waals surface area contributed by atoms with Crippen LogP contribution in [0.3, 0.4) is 0 Å². The Morgan fingerprint density at radius 3 is 2.70 bits per heavy atom. The molecule has 2 aromatic carbocycles. The molecular weight excluding hydrogens is 362 g/mol. The van der Waals surface area contributed by atoms with Gasteiger partial charge in [-0.05, 0) is 24.6 Å². The van der Waals surface area contributed by atoms with Crippen LogP contribution in [0.25, 0.3) is 22.2 Å². The van der Waals surface area contributed by atoms with Crippen LogP contribution in [0.15, 0.2) is 42.7 Å². The zero-order valence-electron chi connectivity index (χ0n) is 15.6. The van der Waals surface area contributed by atoms with Crippen LogP contribution in [-0.2, 0) is 14.1 Å². The second-order valence-corrected chi connectivity index (χ2v) is 6.93. The largest absolute Gasteiger partial charge is 0.495 e. The van der Waals surface area contributed by atoms with Gasteiger partial charge in [0.1, 0.15) is 5.75 Å². The third-order valence-corrected chi connectivity index (χ3v) is 4.85. The van der Waals surface area contributed by atoms with Crippen molar-refractivity contribution in [2.45, 2.75) is 6.92 Å². The van der Waals surface area contributed by atoms with Crippen molar-refractivity contribution in [3.05, 3.63) is 53.3 Å². The number of aromatic nitrogens is 4. The number of nitrogens with one attached hydrogen (secondary N) is 1. The molecule has 0 aliphatic rings. The Balaban J connectivity index is 1.84. The first-order chi connectivity index (χ1) is 13.0. The van der Waals surface area contributed by atoms with Gasteiger partial charge in [0.2, 0.25) is 5.95 Å². The van der Waals surface area contributed by atoms with Gasteiger partial charge in [0.25, 0.3) is 0 Å². The van der Waals surface area contributed by atoms with Crippen LogP contribution < -0.4 is 10.1 Å². The average Bonchev–Trinajstić information content (AvgIpc) is 3.21. The quantitative estimate of drug-likeness (QED) is 0.557. The van der Waals surface area contributed by atoms with Crippen LogP contribution in [0.5, 0.6) is 5.75 Å². The zero-order valence-corrected chi connectivity index (χ0v) is 16.4. The van der Waals surface area contributed by atoms with Gasteiger partial charge in [0.05, 0.1) is 30.0 Å². The third-order valence-electron chi connectivity index (χ3n) is 4.63. The highest BCUT2D eigenvalue weighted by molar-refractivity contribution is 6.31. The topological polar surface area (TPSA) is 56.9 Å². The molecule has 138 valence electrons. The number of benzene rings is 2. The number of fused-ring (bicyclic) bond motifs is 1. The van der Waals surface area contributed by atoms with Crippen molar-refractivity contribution in [1.29, 1.82) is 0 Å². The SMILES string of the molecule is COc1cc(Cl)cc(C)c1Nc1nc2cccc(-c3cnn(C)c3)c2n1C. The number of imidazole rings is 1. The minimum absolute atomic E-state index is 0.638. The van der Waals surface area contributed by atoms with Crippen LogP contribution in [0.4, 0.5) is 11.6 Å². The summed E-state index contributed by atoms with van der Waals surface area (Å²) in [5.41, 5.74) is 5.92. The van der Waals surface area contributed by atoms with E-state index in [2.05, 4.69) is 16.5 Å². The van der Waals surface area contributed by atoms with E-state index in [1.807, 2.05) is 56.2 Å². The first kappa shape index (κ1) is 17.4. The molecule has 2 aromatic heterocycles. The second kappa shape index (κ2) is 6.63. The van der Waals surface area contributed by atoms with E-state index in [-0.39, 0.29) is 0 Å². The standard InChI is InChI=1S/C20H20ClN5O/c1-12-8-14(21)9-17(27-4)18(12)24-20-23-16-7-5-6-15(19(16)26(20)3)13-10-22-25(2)11-13/h5-11H,1-4H3,(H,23,24). The minimum Gasteiger partial charge on any atom is -0.495 e. The summed E-state index contributed by atoms with van der Waals surface area (Å²) in [6.07, 6.45) is 3.86. The molecule has 0 saturated heterocycles. The van der Waals surface area contributed by atoms with Crippen molar-refractivity contribution in [2.24, 2.45) is 14.1 Å². The predicted molar refractivity (Wildman–Crippen MR) is 109 cm³/mol. The number of rotatable bonds is 4. The maximum absolute atomic E-state index is 6.15. The summed E-state index contributed by atoms with van der Waals surface area (Å²) in [7, 11) is 5.54. The first-order valence-electron chi connectivity index (χ1n) is 8.53. The number of hydrogen-bond acceptors (Lipinski definition) is 4. The Labute approximate surface area is 162 Å². The third kappa shape index (κ3) is 3.02. The van der Waals surface area contributed by atoms with E-state index in [9.17, 15) is 0 Å². The van der Waals surface area contributed by atoms with Crippen LogP contribution in [0.2, 0.25) is 5.02 Å². The van der Waals surface area contributed by atoms with Gasteiger partial charge in [-0.25, -0.2) is 4.98 Å². The van der Waals surface area contributed by atoms with Gasteiger partial charge in [-0.2, -0.15) is 5.10 Å². The number of para-hydroxylation sites is 1. The molecule has 0 aliphatic heterocycles. The summed E-state index contributed by atoms with van der Waals surface area (Å²) in [6, 6.07) is 9.79. The fourth-order valence-corrected chi connectivity index (χ4v) is 3.58. The molecule has 0 saturated carbocycles. The molecular formula is C20H20ClN5O. The van der Waals surface area contributed by atoms with E-state index in [0.717, 1.165) is 39.4 Å². The number of hydrogen-bond donors (Lipinski definition) is 1. The maximum Gasteiger partial charge on any atom is 0.208 e. The molecule has 6 nitrogen and oxygen atoms in total. The van der Waals surface area contributed by atoms with Gasteiger partial charge >= 0.3 is 0 Å². The molecule has 0 bridgehead atoms. The molecule has 0 amide bonds. The lowest BCUT2D eigenvalue weighted by atomic mass is 10.1. The molecule has 2 heterocycles. The highest BCUT2D eigenvalue weighted by Gasteiger charge is 2.16. The van der Waals surface area contributed by atoms with Gasteiger partial charge in [-0.3, -0.25) is 4.68 Å². The highest BCUT2D eigenvalue weighted by atomic mass is 35.5. The number of ether oxygens (including phenoxy) is 1. The van der Waals surface area contributed by atoms with Crippen molar-refractivity contribution in [1.82, 2.24) is 19.3 Å². The fourth-order valence-electron chi connectivity index (χ4n) is 3.32. The van der Waals surface area contributed by atoms with Gasteiger partial charge < -0.3 is 14.6 Å². The van der Waals surface area contributed by atoms with Crippen molar-refractivity contribution in [3.63, 3.8) is 0 Å². The smallest absolute Gasteiger partial charge is 0.208 e. The monoisotopic (exact) mass is 381 g/mol. The molecule has 7 heteroatoms. The molecule has 27 heavy (non-hydrogen) atoms. The highest BCUT2D eigenvalue weighted by Crippen LogP contribution is 2.36. The van der Waals surface area contributed by atoms with Crippen LogP contribution in [0.1, 0.15) is 5.56 Å². The molecule has 4 rings (SSSR count). The zero-order chi connectivity index (χ0) is 19.1. The summed E-state index contributed by atoms with van der Waals surface area (Å²) in [4.78, 5) is 4.78. The summed E-state index contributed by atoms with van der Waals surface area (Å²) in [6.45, 7) is 1.99. The number of nitrogens with zero attached hydrogens (tertiary/aromatic N) is 4.